The van der Waals surface area contributed by atoms with Crippen LogP contribution in [0.1, 0.15) is 66.0 Å². The summed E-state index contributed by atoms with van der Waals surface area (Å²) in [6, 6.07) is 5.36. The number of carbonyl (C=O) groups is 7. The molecule has 0 spiro atoms. The van der Waals surface area contributed by atoms with Gasteiger partial charge in [0.05, 0.1) is 13.3 Å². The van der Waals surface area contributed by atoms with Gasteiger partial charge in [0.1, 0.15) is 43.8 Å². The minimum absolute atomic E-state index is 0.124. The van der Waals surface area contributed by atoms with Crippen LogP contribution >= 0.6 is 0 Å². The fourth-order valence-corrected chi connectivity index (χ4v) is 6.48. The van der Waals surface area contributed by atoms with E-state index in [1.165, 1.54) is 18.0 Å². The van der Waals surface area contributed by atoms with Crippen LogP contribution < -0.4 is 9.47 Å². The van der Waals surface area contributed by atoms with Crippen molar-refractivity contribution in [2.75, 3.05) is 20.3 Å². The topological polar surface area (TPSA) is 261 Å². The Morgan fingerprint density at radius 2 is 1.20 bits per heavy atom. The fourth-order valence-electron chi connectivity index (χ4n) is 6.48. The molecule has 0 radical (unpaired) electrons. The summed E-state index contributed by atoms with van der Waals surface area (Å²) in [6.07, 6.45) is -12.2. The maximum Gasteiger partial charge on any atom is 0.303 e. The maximum atomic E-state index is 12.8. The van der Waals surface area contributed by atoms with E-state index in [9.17, 15) is 33.6 Å². The van der Waals surface area contributed by atoms with Crippen molar-refractivity contribution in [2.24, 2.45) is 0 Å². The molecule has 0 bridgehead atoms. The highest BCUT2D eigenvalue weighted by atomic mass is 16.8. The first-order valence-corrected chi connectivity index (χ1v) is 18.8. The van der Waals surface area contributed by atoms with Gasteiger partial charge >= 0.3 is 41.8 Å². The largest absolute Gasteiger partial charge is 0.493 e. The van der Waals surface area contributed by atoms with Gasteiger partial charge in [-0.3, -0.25) is 33.6 Å². The quantitative estimate of drug-likeness (QED) is 0.116. The summed E-state index contributed by atoms with van der Waals surface area (Å²) in [4.78, 5) is 86.8. The van der Waals surface area contributed by atoms with Gasteiger partial charge in [-0.05, 0) is 24.1 Å². The van der Waals surface area contributed by atoms with E-state index in [1.54, 1.807) is 18.2 Å². The molecule has 0 amide bonds. The minimum Gasteiger partial charge on any atom is -0.493 e. The van der Waals surface area contributed by atoms with Gasteiger partial charge in [0.15, 0.2) is 54.5 Å². The number of carbonyl (C=O) groups excluding carboxylic acids is 7. The van der Waals surface area contributed by atoms with Crippen LogP contribution in [-0.4, -0.2) is 132 Å². The number of esters is 7. The first-order chi connectivity index (χ1) is 28.9. The van der Waals surface area contributed by atoms with E-state index in [1.807, 2.05) is 6.07 Å². The number of ether oxygens (including phenoxy) is 12. The lowest BCUT2D eigenvalue weighted by molar-refractivity contribution is -0.349. The number of aromatic nitrogens is 3. The Morgan fingerprint density at radius 3 is 1.74 bits per heavy atom. The Morgan fingerprint density at radius 1 is 0.672 bits per heavy atom. The summed E-state index contributed by atoms with van der Waals surface area (Å²) in [5.41, 5.74) is 1.21. The van der Waals surface area contributed by atoms with Crippen molar-refractivity contribution in [3.05, 3.63) is 48.3 Å². The molecule has 0 aliphatic carbocycles. The summed E-state index contributed by atoms with van der Waals surface area (Å²) < 4.78 is 69.9. The van der Waals surface area contributed by atoms with Gasteiger partial charge in [-0.15, -0.1) is 11.7 Å². The molecule has 2 aliphatic heterocycles. The third-order valence-electron chi connectivity index (χ3n) is 8.71. The van der Waals surface area contributed by atoms with E-state index >= 15 is 0 Å². The predicted octanol–water partition coefficient (Wildman–Crippen LogP) is 1.39. The first kappa shape index (κ1) is 47.5. The molecule has 10 atom stereocenters. The highest BCUT2D eigenvalue weighted by Gasteiger charge is 2.58. The number of hydrogen-bond acceptors (Lipinski definition) is 21. The molecule has 4 rings (SSSR count). The van der Waals surface area contributed by atoms with Gasteiger partial charge in [-0.2, -0.15) is 0 Å². The van der Waals surface area contributed by atoms with Gasteiger partial charge in [0.2, 0.25) is 0 Å². The van der Waals surface area contributed by atoms with Crippen LogP contribution in [-0.2, 0) is 94.0 Å². The number of hydrogen-bond donors (Lipinski definition) is 0. The molecule has 22 heteroatoms. The van der Waals surface area contributed by atoms with Crippen LogP contribution in [0, 0.1) is 0 Å². The lowest BCUT2D eigenvalue weighted by atomic mass is 9.95. The highest BCUT2D eigenvalue weighted by molar-refractivity contribution is 5.69. The molecule has 2 aromatic rings. The van der Waals surface area contributed by atoms with Gasteiger partial charge < -0.3 is 56.8 Å². The number of methoxy groups -OCH3 is 1. The highest BCUT2D eigenvalue weighted by Crippen LogP contribution is 2.38. The van der Waals surface area contributed by atoms with Crippen molar-refractivity contribution in [3.63, 3.8) is 0 Å². The second-order valence-electron chi connectivity index (χ2n) is 13.6. The van der Waals surface area contributed by atoms with Crippen LogP contribution in [0.4, 0.5) is 0 Å². The van der Waals surface area contributed by atoms with Gasteiger partial charge in [-0.1, -0.05) is 17.4 Å². The van der Waals surface area contributed by atoms with Gasteiger partial charge in [-0.25, -0.2) is 4.68 Å². The van der Waals surface area contributed by atoms with Gasteiger partial charge in [0, 0.05) is 48.5 Å². The maximum absolute atomic E-state index is 12.8. The van der Waals surface area contributed by atoms with Crippen LogP contribution in [0.5, 0.6) is 11.5 Å². The molecule has 0 N–H and O–H groups in total. The smallest absolute Gasteiger partial charge is 0.303 e. The summed E-state index contributed by atoms with van der Waals surface area (Å²) in [5, 5.41) is 8.32. The van der Waals surface area contributed by atoms with E-state index in [4.69, 9.17) is 56.8 Å². The third-order valence-corrected chi connectivity index (χ3v) is 8.71. The minimum atomic E-state index is -1.83. The standard InChI is InChI=1S/C39H49N3O19/c1-10-11-26-12-13-28(29(14-26)50-9)53-16-27-15-42(41-40-27)38-36(57-24(7)48)34(55-22(5)46)33(30(59-38)17-51-19(2)43)61-39-37(58-25(8)49)35(56-23(6)47)32(54-21(4)45)31(60-39)18-52-20(3)44/h10,12-15,30-39H,1,11,16-18H2,2-9H3/t30-,31-,32+,33-,34+,35+,36-,37-,38-,39+/m1/s1. The van der Waals surface area contributed by atoms with Crippen LogP contribution in [0.15, 0.2) is 37.1 Å². The number of rotatable bonds is 18. The zero-order chi connectivity index (χ0) is 45.0. The molecule has 1 aromatic heterocycles. The van der Waals surface area contributed by atoms with Crippen molar-refractivity contribution in [1.82, 2.24) is 15.0 Å². The lowest BCUT2D eigenvalue weighted by Crippen LogP contribution is -2.66. The van der Waals surface area contributed by atoms with Crippen LogP contribution in [0.3, 0.4) is 0 Å². The molecule has 3 heterocycles. The van der Waals surface area contributed by atoms with Crippen LogP contribution in [0.25, 0.3) is 0 Å². The van der Waals surface area contributed by atoms with Crippen molar-refractivity contribution in [1.29, 1.82) is 0 Å². The molecular weight excluding hydrogens is 814 g/mol. The summed E-state index contributed by atoms with van der Waals surface area (Å²) >= 11 is 0. The Kier molecular flexibility index (Phi) is 17.1. The van der Waals surface area contributed by atoms with E-state index in [-0.39, 0.29) is 12.3 Å². The Labute approximate surface area is 349 Å². The van der Waals surface area contributed by atoms with Crippen molar-refractivity contribution in [2.45, 2.75) is 123 Å². The molecule has 1 aromatic carbocycles. The molecule has 22 nitrogen and oxygen atoms in total. The Hall–Kier alpha value is -6.13. The lowest BCUT2D eigenvalue weighted by Gasteiger charge is -2.48. The van der Waals surface area contributed by atoms with Gasteiger partial charge in [0.25, 0.3) is 0 Å². The summed E-state index contributed by atoms with van der Waals surface area (Å²) in [5.74, 6) is -5.14. The van der Waals surface area contributed by atoms with Crippen molar-refractivity contribution >= 4 is 41.8 Å². The molecule has 2 saturated heterocycles. The Balaban J connectivity index is 1.77. The normalized spacial score (nSPS) is 25.8. The monoisotopic (exact) mass is 863 g/mol. The zero-order valence-corrected chi connectivity index (χ0v) is 34.8. The molecule has 0 saturated carbocycles. The van der Waals surface area contributed by atoms with E-state index in [2.05, 4.69) is 16.9 Å². The number of nitrogens with zero attached hydrogens (tertiary/aromatic N) is 3. The van der Waals surface area contributed by atoms with Crippen LogP contribution in [0.2, 0.25) is 0 Å². The second-order valence-corrected chi connectivity index (χ2v) is 13.6. The van der Waals surface area contributed by atoms with E-state index in [0.29, 0.717) is 17.9 Å². The molecule has 61 heavy (non-hydrogen) atoms. The number of allylic oxidation sites excluding steroid dienone is 1. The molecule has 2 aliphatic rings. The van der Waals surface area contributed by atoms with Crippen molar-refractivity contribution in [3.8, 4) is 11.5 Å². The predicted molar refractivity (Wildman–Crippen MR) is 200 cm³/mol. The molecular formula is C39H49N3O19. The van der Waals surface area contributed by atoms with E-state index < -0.39 is 116 Å². The number of benzene rings is 1. The molecule has 2 fully saturated rings. The molecule has 0 unspecified atom stereocenters. The average molecular weight is 864 g/mol. The Bertz CT molecular complexity index is 1920. The summed E-state index contributed by atoms with van der Waals surface area (Å²) in [7, 11) is 1.49. The SMILES string of the molecule is C=CCc1ccc(OCc2cn([C@@H]3O[C@H](COC(C)=O)[C@@H](O[C@@H]4O[C@H](COC(C)=O)[C@H](OC(C)=O)[C@H](OC(C)=O)[C@H]4OC(C)=O)[C@H](OC(C)=O)[C@H]3OC(C)=O)nn2)c(OC)c1. The zero-order valence-electron chi connectivity index (χ0n) is 34.8. The van der Waals surface area contributed by atoms with Crippen molar-refractivity contribution < 1.29 is 90.4 Å². The first-order valence-electron chi connectivity index (χ1n) is 18.8. The summed E-state index contributed by atoms with van der Waals surface area (Å²) in [6.45, 7) is 9.92. The average Bonchev–Trinajstić information content (AvgIpc) is 3.64. The fraction of sp³-hybridized carbons (Fsp3) is 0.564. The molecule has 334 valence electrons. The second kappa shape index (κ2) is 21.9. The third kappa shape index (κ3) is 13.4. The van der Waals surface area contributed by atoms with E-state index in [0.717, 1.165) is 54.0 Å².